The van der Waals surface area contributed by atoms with Crippen molar-refractivity contribution in [2.75, 3.05) is 39.6 Å². The van der Waals surface area contributed by atoms with Gasteiger partial charge in [0.05, 0.1) is 26.4 Å². The third kappa shape index (κ3) is 64.3. The van der Waals surface area contributed by atoms with Gasteiger partial charge in [-0.25, -0.2) is 9.13 Å². The molecule has 0 aliphatic carbocycles. The molecule has 0 fully saturated rings. The number of hydrogen-bond acceptors (Lipinski definition) is 14. The highest BCUT2D eigenvalue weighted by atomic mass is 31.2. The number of allylic oxidation sites excluding steroid dienone is 12. The molecule has 5 unspecified atom stereocenters. The van der Waals surface area contributed by atoms with E-state index in [4.69, 9.17) is 32.3 Å². The molecule has 18 heteroatoms. The van der Waals surface area contributed by atoms with E-state index in [0.29, 0.717) is 19.3 Å². The van der Waals surface area contributed by atoms with E-state index in [9.17, 15) is 43.5 Å². The summed E-state index contributed by atoms with van der Waals surface area (Å²) in [6, 6.07) is 0. The SMILES string of the molecule is CC/C=C\C/C=C\C/C=C\C/C=C\C/C=C\C/C=C\CCCCCCC(=O)OCC(O)COP(=O)(O)OCC(O)COP(=O)(O)OCC(COC(=O)CCCCCCCCCCCCCCCCC)OC(=O)CCCCCCCCCCCCCCC. The van der Waals surface area contributed by atoms with Crippen molar-refractivity contribution in [3.05, 3.63) is 72.9 Å². The second-order valence-corrected chi connectivity index (χ2v) is 25.9. The Kier molecular flexibility index (Phi) is 61.0. The topological polar surface area (TPSA) is 231 Å². The lowest BCUT2D eigenvalue weighted by Gasteiger charge is -2.21. The van der Waals surface area contributed by atoms with Crippen LogP contribution in [-0.4, -0.2) is 95.9 Å². The minimum Gasteiger partial charge on any atom is -0.463 e. The van der Waals surface area contributed by atoms with Gasteiger partial charge in [-0.1, -0.05) is 273 Å². The Balaban J connectivity index is 4.58. The Morgan fingerprint density at radius 1 is 0.333 bits per heavy atom. The molecular weight excluding hydrogens is 1150 g/mol. The number of aliphatic hydroxyl groups excluding tert-OH is 2. The quantitative estimate of drug-likeness (QED) is 0.0146. The van der Waals surface area contributed by atoms with E-state index in [1.54, 1.807) is 0 Å². The molecule has 87 heavy (non-hydrogen) atoms. The van der Waals surface area contributed by atoms with Crippen LogP contribution in [0.1, 0.15) is 290 Å². The van der Waals surface area contributed by atoms with Gasteiger partial charge in [-0.2, -0.15) is 0 Å². The van der Waals surface area contributed by atoms with Gasteiger partial charge in [-0.3, -0.25) is 32.5 Å². The van der Waals surface area contributed by atoms with Gasteiger partial charge in [-0.05, 0) is 70.6 Å². The summed E-state index contributed by atoms with van der Waals surface area (Å²) in [7, 11) is -9.77. The summed E-state index contributed by atoms with van der Waals surface area (Å²) in [6.07, 6.45) is 65.2. The van der Waals surface area contributed by atoms with Crippen molar-refractivity contribution in [3.63, 3.8) is 0 Å². The van der Waals surface area contributed by atoms with Crippen molar-refractivity contribution in [3.8, 4) is 0 Å². The molecule has 0 aromatic rings. The minimum absolute atomic E-state index is 0.111. The van der Waals surface area contributed by atoms with Crippen LogP contribution in [0.15, 0.2) is 72.9 Å². The second-order valence-electron chi connectivity index (χ2n) is 23.0. The maximum Gasteiger partial charge on any atom is 0.472 e. The van der Waals surface area contributed by atoms with Gasteiger partial charge in [0.15, 0.2) is 6.10 Å². The third-order valence-electron chi connectivity index (χ3n) is 14.4. The Bertz CT molecular complexity index is 1880. The van der Waals surface area contributed by atoms with Crippen LogP contribution in [-0.2, 0) is 55.8 Å². The summed E-state index contributed by atoms with van der Waals surface area (Å²) in [4.78, 5) is 58.3. The highest BCUT2D eigenvalue weighted by molar-refractivity contribution is 7.47. The Hall–Kier alpha value is -3.01. The number of unbranched alkanes of at least 4 members (excludes halogenated alkanes) is 30. The van der Waals surface area contributed by atoms with Gasteiger partial charge in [0, 0.05) is 19.3 Å². The van der Waals surface area contributed by atoms with E-state index in [1.807, 2.05) is 0 Å². The fourth-order valence-corrected chi connectivity index (χ4v) is 10.8. The highest BCUT2D eigenvalue weighted by Crippen LogP contribution is 2.45. The number of carbonyl (C=O) groups is 3. The number of esters is 3. The lowest BCUT2D eigenvalue weighted by molar-refractivity contribution is -0.161. The number of ether oxygens (including phenoxy) is 3. The fourth-order valence-electron chi connectivity index (χ4n) is 9.22. The van der Waals surface area contributed by atoms with Crippen LogP contribution in [0.4, 0.5) is 0 Å². The molecule has 5 atom stereocenters. The minimum atomic E-state index is -4.92. The summed E-state index contributed by atoms with van der Waals surface area (Å²) < 4.78 is 60.8. The van der Waals surface area contributed by atoms with E-state index in [1.165, 1.54) is 122 Å². The lowest BCUT2D eigenvalue weighted by Crippen LogP contribution is -2.30. The van der Waals surface area contributed by atoms with Gasteiger partial charge in [0.25, 0.3) is 0 Å². The Morgan fingerprint density at radius 3 is 0.966 bits per heavy atom. The smallest absolute Gasteiger partial charge is 0.463 e. The number of aliphatic hydroxyl groups is 2. The zero-order valence-electron chi connectivity index (χ0n) is 54.7. The molecule has 0 amide bonds. The summed E-state index contributed by atoms with van der Waals surface area (Å²) >= 11 is 0. The average Bonchev–Trinajstić information content (AvgIpc) is 3.63. The van der Waals surface area contributed by atoms with Crippen LogP contribution in [0.25, 0.3) is 0 Å². The zero-order chi connectivity index (χ0) is 63.8. The first-order valence-corrected chi connectivity index (χ1v) is 37.2. The van der Waals surface area contributed by atoms with Gasteiger partial charge >= 0.3 is 33.6 Å². The maximum absolute atomic E-state index is 12.9. The molecule has 0 radical (unpaired) electrons. The molecule has 0 saturated heterocycles. The molecular formula is C69H124O16P2. The molecule has 0 heterocycles. The predicted molar refractivity (Wildman–Crippen MR) is 353 cm³/mol. The van der Waals surface area contributed by atoms with Crippen LogP contribution in [0.3, 0.4) is 0 Å². The summed E-state index contributed by atoms with van der Waals surface area (Å²) in [6.45, 7) is 2.56. The van der Waals surface area contributed by atoms with Crippen molar-refractivity contribution in [2.24, 2.45) is 0 Å². The van der Waals surface area contributed by atoms with Gasteiger partial charge in [0.2, 0.25) is 0 Å². The molecule has 0 saturated carbocycles. The summed E-state index contributed by atoms with van der Waals surface area (Å²) in [5.74, 6) is -1.58. The number of hydrogen-bond donors (Lipinski definition) is 4. The lowest BCUT2D eigenvalue weighted by atomic mass is 10.0. The fraction of sp³-hybridized carbons (Fsp3) is 0.783. The predicted octanol–water partition coefficient (Wildman–Crippen LogP) is 18.8. The van der Waals surface area contributed by atoms with Crippen LogP contribution >= 0.6 is 15.6 Å². The Labute approximate surface area is 528 Å². The number of phosphoric acid groups is 2. The van der Waals surface area contributed by atoms with Crippen LogP contribution in [0, 0.1) is 0 Å². The average molecular weight is 1270 g/mol. The molecule has 0 aromatic carbocycles. The molecule has 4 N–H and O–H groups in total. The second kappa shape index (κ2) is 63.2. The third-order valence-corrected chi connectivity index (χ3v) is 16.3. The van der Waals surface area contributed by atoms with Crippen LogP contribution < -0.4 is 0 Å². The largest absolute Gasteiger partial charge is 0.472 e. The van der Waals surface area contributed by atoms with Crippen LogP contribution in [0.2, 0.25) is 0 Å². The molecule has 0 aliphatic rings. The first-order valence-electron chi connectivity index (χ1n) is 34.2. The van der Waals surface area contributed by atoms with Crippen molar-refractivity contribution in [1.82, 2.24) is 0 Å². The Morgan fingerprint density at radius 2 is 0.609 bits per heavy atom. The van der Waals surface area contributed by atoms with Crippen molar-refractivity contribution < 1.29 is 75.8 Å². The maximum atomic E-state index is 12.9. The zero-order valence-corrected chi connectivity index (χ0v) is 56.5. The highest BCUT2D eigenvalue weighted by Gasteiger charge is 2.29. The van der Waals surface area contributed by atoms with Crippen molar-refractivity contribution in [2.45, 2.75) is 309 Å². The van der Waals surface area contributed by atoms with Gasteiger partial charge in [0.1, 0.15) is 25.4 Å². The number of phosphoric ester groups is 2. The summed E-state index contributed by atoms with van der Waals surface area (Å²) in [5, 5.41) is 20.5. The van der Waals surface area contributed by atoms with E-state index in [2.05, 4.69) is 93.7 Å². The molecule has 0 rings (SSSR count). The summed E-state index contributed by atoms with van der Waals surface area (Å²) in [5.41, 5.74) is 0. The molecule has 16 nitrogen and oxygen atoms in total. The normalized spacial score (nSPS) is 14.7. The van der Waals surface area contributed by atoms with E-state index >= 15 is 0 Å². The molecule has 506 valence electrons. The first kappa shape index (κ1) is 84.0. The van der Waals surface area contributed by atoms with E-state index in [0.717, 1.165) is 109 Å². The monoisotopic (exact) mass is 1270 g/mol. The molecule has 0 aliphatic heterocycles. The molecule has 0 bridgehead atoms. The van der Waals surface area contributed by atoms with Crippen molar-refractivity contribution >= 4 is 33.6 Å². The van der Waals surface area contributed by atoms with Gasteiger partial charge in [-0.15, -0.1) is 0 Å². The van der Waals surface area contributed by atoms with Crippen LogP contribution in [0.5, 0.6) is 0 Å². The molecule has 0 spiro atoms. The number of carbonyl (C=O) groups excluding carboxylic acids is 3. The van der Waals surface area contributed by atoms with Crippen molar-refractivity contribution in [1.29, 1.82) is 0 Å². The van der Waals surface area contributed by atoms with E-state index < -0.39 is 91.5 Å². The van der Waals surface area contributed by atoms with E-state index in [-0.39, 0.29) is 19.3 Å². The van der Waals surface area contributed by atoms with Gasteiger partial charge < -0.3 is 34.2 Å². The first-order chi connectivity index (χ1) is 42.2. The molecule has 0 aromatic heterocycles. The standard InChI is InChI=1S/C69H124O16P2/c1-4-7-10-13-16-19-22-25-27-28-29-30-31-32-33-34-36-39-40-43-46-49-52-55-67(72)79-58-64(70)59-81-86(75,76)82-60-65(71)61-83-87(77,78)84-63-66(85-69(74)57-54-51-48-45-42-37-24-21-18-15-12-9-6-3)62-80-68(73)56-53-50-47-44-41-38-35-26-23-20-17-14-11-8-5-2/h7,10,16,19,25,27,29-30,32-33,36,39,64-66,70-71H,4-6,8-9,11-15,17-18,20-24,26,28,31,34-35,37-38,40-63H2,1-3H3,(H,75,76)(H,77,78)/b10-7-,19-16-,27-25-,30-29-,33-32-,39-36-. The number of rotatable bonds is 65.